The molecule has 1 aromatic heterocycles. The molecule has 0 saturated carbocycles. The number of halogens is 1. The molecule has 0 aliphatic heterocycles. The third-order valence-corrected chi connectivity index (χ3v) is 7.24. The highest BCUT2D eigenvalue weighted by Gasteiger charge is 2.27. The molecule has 0 atom stereocenters. The van der Waals surface area contributed by atoms with Crippen LogP contribution >= 0.6 is 0 Å². The Bertz CT molecular complexity index is 1300. The number of carbonyl (C=O) groups excluding carboxylic acids is 1. The standard InChI is InChI=1S/C22H25FN4O4S/c1-4-26(14-20-24-18-10-8-7-9-16(18)21(28)25-20)22(29)15-11-12-17(23)19(13-15)32(30,31)27(5-2)6-3/h7-13H,4-6,14H2,1-3H3,(H,24,25,28). The number of fused-ring (bicyclic) bond motifs is 1. The van der Waals surface area contributed by atoms with E-state index in [0.29, 0.717) is 16.7 Å². The van der Waals surface area contributed by atoms with Crippen molar-refractivity contribution in [3.05, 3.63) is 70.0 Å². The summed E-state index contributed by atoms with van der Waals surface area (Å²) in [5.41, 5.74) is 0.217. The normalized spacial score (nSPS) is 11.8. The summed E-state index contributed by atoms with van der Waals surface area (Å²) < 4.78 is 41.1. The Morgan fingerprint density at radius 3 is 2.41 bits per heavy atom. The molecule has 0 spiro atoms. The van der Waals surface area contributed by atoms with Crippen molar-refractivity contribution in [3.8, 4) is 0 Å². The van der Waals surface area contributed by atoms with Crippen LogP contribution in [0.2, 0.25) is 0 Å². The zero-order chi connectivity index (χ0) is 23.5. The first-order valence-corrected chi connectivity index (χ1v) is 11.7. The number of amides is 1. The molecule has 3 aromatic rings. The van der Waals surface area contributed by atoms with Gasteiger partial charge in [0.1, 0.15) is 16.5 Å². The first kappa shape index (κ1) is 23.6. The van der Waals surface area contributed by atoms with Crippen LogP contribution in [0.5, 0.6) is 0 Å². The average Bonchev–Trinajstić information content (AvgIpc) is 2.78. The van der Waals surface area contributed by atoms with Gasteiger partial charge in [0, 0.05) is 25.2 Å². The van der Waals surface area contributed by atoms with Gasteiger partial charge in [-0.1, -0.05) is 26.0 Å². The third kappa shape index (κ3) is 4.56. The third-order valence-electron chi connectivity index (χ3n) is 5.17. The van der Waals surface area contributed by atoms with Crippen LogP contribution in [-0.4, -0.2) is 53.1 Å². The van der Waals surface area contributed by atoms with E-state index in [1.807, 2.05) is 0 Å². The summed E-state index contributed by atoms with van der Waals surface area (Å²) in [6.07, 6.45) is 0. The van der Waals surface area contributed by atoms with E-state index in [1.165, 1.54) is 11.0 Å². The van der Waals surface area contributed by atoms with Crippen molar-refractivity contribution in [3.63, 3.8) is 0 Å². The molecule has 0 fully saturated rings. The molecule has 1 N–H and O–H groups in total. The predicted octanol–water partition coefficient (Wildman–Crippen LogP) is 2.76. The number of hydrogen-bond acceptors (Lipinski definition) is 5. The molecule has 32 heavy (non-hydrogen) atoms. The fraction of sp³-hybridized carbons (Fsp3) is 0.318. The summed E-state index contributed by atoms with van der Waals surface area (Å²) in [6, 6.07) is 10.1. The molecule has 2 aromatic carbocycles. The van der Waals surface area contributed by atoms with Gasteiger partial charge in [-0.05, 0) is 37.3 Å². The fourth-order valence-corrected chi connectivity index (χ4v) is 4.99. The first-order valence-electron chi connectivity index (χ1n) is 10.3. The van der Waals surface area contributed by atoms with Crippen LogP contribution in [0.25, 0.3) is 10.9 Å². The number of sulfonamides is 1. The smallest absolute Gasteiger partial charge is 0.258 e. The summed E-state index contributed by atoms with van der Waals surface area (Å²) in [5, 5.41) is 0.440. The van der Waals surface area contributed by atoms with E-state index in [4.69, 9.17) is 0 Å². The summed E-state index contributed by atoms with van der Waals surface area (Å²) >= 11 is 0. The Balaban J connectivity index is 1.95. The molecule has 10 heteroatoms. The minimum atomic E-state index is -4.08. The quantitative estimate of drug-likeness (QED) is 0.557. The number of aromatic amines is 1. The van der Waals surface area contributed by atoms with Crippen molar-refractivity contribution in [2.75, 3.05) is 19.6 Å². The Morgan fingerprint density at radius 1 is 1.06 bits per heavy atom. The second kappa shape index (κ2) is 9.58. The van der Waals surface area contributed by atoms with Gasteiger partial charge in [-0.3, -0.25) is 9.59 Å². The summed E-state index contributed by atoms with van der Waals surface area (Å²) in [6.45, 7) is 5.69. The molecule has 8 nitrogen and oxygen atoms in total. The van der Waals surface area contributed by atoms with E-state index >= 15 is 0 Å². The van der Waals surface area contributed by atoms with Crippen molar-refractivity contribution in [1.29, 1.82) is 0 Å². The number of para-hydroxylation sites is 1. The van der Waals surface area contributed by atoms with Crippen molar-refractivity contribution in [2.45, 2.75) is 32.2 Å². The monoisotopic (exact) mass is 460 g/mol. The first-order chi connectivity index (χ1) is 15.2. The molecule has 0 radical (unpaired) electrons. The molecule has 0 aliphatic rings. The Kier molecular flexibility index (Phi) is 7.05. The molecular formula is C22H25FN4O4S. The lowest BCUT2D eigenvalue weighted by molar-refractivity contribution is 0.0748. The molecular weight excluding hydrogens is 435 g/mol. The number of carbonyl (C=O) groups is 1. The maximum atomic E-state index is 14.4. The zero-order valence-electron chi connectivity index (χ0n) is 18.1. The highest BCUT2D eigenvalue weighted by Crippen LogP contribution is 2.22. The second-order valence-electron chi connectivity index (χ2n) is 7.08. The summed E-state index contributed by atoms with van der Waals surface area (Å²) in [7, 11) is -4.08. The van der Waals surface area contributed by atoms with Crippen LogP contribution in [0.4, 0.5) is 4.39 Å². The molecule has 1 heterocycles. The van der Waals surface area contributed by atoms with Crippen molar-refractivity contribution in [1.82, 2.24) is 19.2 Å². The zero-order valence-corrected chi connectivity index (χ0v) is 18.9. The molecule has 0 unspecified atom stereocenters. The fourth-order valence-electron chi connectivity index (χ4n) is 3.44. The van der Waals surface area contributed by atoms with Crippen molar-refractivity contribution >= 4 is 26.8 Å². The van der Waals surface area contributed by atoms with Gasteiger partial charge in [0.05, 0.1) is 17.4 Å². The number of nitrogens with zero attached hydrogens (tertiary/aromatic N) is 3. The van der Waals surface area contributed by atoms with Crippen LogP contribution in [0.15, 0.2) is 52.2 Å². The maximum absolute atomic E-state index is 14.4. The van der Waals surface area contributed by atoms with E-state index in [1.54, 1.807) is 45.0 Å². The lowest BCUT2D eigenvalue weighted by atomic mass is 10.2. The van der Waals surface area contributed by atoms with Gasteiger partial charge in [0.25, 0.3) is 11.5 Å². The van der Waals surface area contributed by atoms with Gasteiger partial charge in [-0.2, -0.15) is 4.31 Å². The van der Waals surface area contributed by atoms with Gasteiger partial charge in [0.2, 0.25) is 10.0 Å². The molecule has 1 amide bonds. The molecule has 0 bridgehead atoms. The summed E-state index contributed by atoms with van der Waals surface area (Å²) in [5.74, 6) is -1.13. The summed E-state index contributed by atoms with van der Waals surface area (Å²) in [4.78, 5) is 33.3. The van der Waals surface area contributed by atoms with Crippen LogP contribution < -0.4 is 5.56 Å². The van der Waals surface area contributed by atoms with Gasteiger partial charge in [0.15, 0.2) is 0 Å². The van der Waals surface area contributed by atoms with Crippen LogP contribution in [-0.2, 0) is 16.6 Å². The molecule has 170 valence electrons. The number of H-pyrrole nitrogens is 1. The van der Waals surface area contributed by atoms with E-state index in [-0.39, 0.29) is 37.3 Å². The highest BCUT2D eigenvalue weighted by atomic mass is 32.2. The molecule has 3 rings (SSSR count). The van der Waals surface area contributed by atoms with Gasteiger partial charge >= 0.3 is 0 Å². The lowest BCUT2D eigenvalue weighted by Crippen LogP contribution is -2.33. The SMILES string of the molecule is CCN(Cc1nc2ccccc2c(=O)[nH]1)C(=O)c1ccc(F)c(S(=O)(=O)N(CC)CC)c1. The van der Waals surface area contributed by atoms with Crippen molar-refractivity contribution < 1.29 is 17.6 Å². The predicted molar refractivity (Wildman–Crippen MR) is 119 cm³/mol. The van der Waals surface area contributed by atoms with E-state index < -0.39 is 26.6 Å². The van der Waals surface area contributed by atoms with E-state index in [0.717, 1.165) is 16.4 Å². The minimum Gasteiger partial charge on any atom is -0.331 e. The largest absolute Gasteiger partial charge is 0.331 e. The van der Waals surface area contributed by atoms with Crippen LogP contribution in [0.1, 0.15) is 37.0 Å². The second-order valence-corrected chi connectivity index (χ2v) is 8.99. The number of hydrogen-bond donors (Lipinski definition) is 1. The number of benzene rings is 2. The average molecular weight is 461 g/mol. The van der Waals surface area contributed by atoms with Crippen molar-refractivity contribution in [2.24, 2.45) is 0 Å². The lowest BCUT2D eigenvalue weighted by Gasteiger charge is -2.22. The topological polar surface area (TPSA) is 103 Å². The van der Waals surface area contributed by atoms with E-state index in [2.05, 4.69) is 9.97 Å². The number of nitrogens with one attached hydrogen (secondary N) is 1. The Labute approximate surface area is 185 Å². The maximum Gasteiger partial charge on any atom is 0.258 e. The van der Waals surface area contributed by atoms with Gasteiger partial charge in [-0.25, -0.2) is 17.8 Å². The highest BCUT2D eigenvalue weighted by molar-refractivity contribution is 7.89. The van der Waals surface area contributed by atoms with Crippen LogP contribution in [0.3, 0.4) is 0 Å². The van der Waals surface area contributed by atoms with Crippen LogP contribution in [0, 0.1) is 5.82 Å². The van der Waals surface area contributed by atoms with E-state index in [9.17, 15) is 22.4 Å². The molecule has 0 saturated heterocycles. The van der Waals surface area contributed by atoms with Gasteiger partial charge in [-0.15, -0.1) is 0 Å². The Morgan fingerprint density at radius 2 is 1.75 bits per heavy atom. The number of rotatable bonds is 8. The number of aromatic nitrogens is 2. The Hall–Kier alpha value is -3.11. The van der Waals surface area contributed by atoms with Gasteiger partial charge < -0.3 is 9.88 Å². The molecule has 0 aliphatic carbocycles. The minimum absolute atomic E-state index is 0.00487.